The standard InChI is InChI=1S/C18H21NO3/c1-12-9-14(11-16(20)10-12)13-5-7-15(8-6-13)19-17(21)22-18(2,3)4/h5-11,20H,1-4H3,(H,19,21). The number of phenolic OH excluding ortho intramolecular Hbond substituents is 1. The topological polar surface area (TPSA) is 58.6 Å². The van der Waals surface area contributed by atoms with E-state index in [1.54, 1.807) is 24.3 Å². The summed E-state index contributed by atoms with van der Waals surface area (Å²) in [6, 6.07) is 12.8. The minimum Gasteiger partial charge on any atom is -0.508 e. The molecular formula is C18H21NO3. The van der Waals surface area contributed by atoms with Crippen LogP contribution in [0, 0.1) is 6.92 Å². The Hall–Kier alpha value is -2.49. The molecule has 0 radical (unpaired) electrons. The van der Waals surface area contributed by atoms with Crippen LogP contribution in [0.3, 0.4) is 0 Å². The number of rotatable bonds is 2. The lowest BCUT2D eigenvalue weighted by atomic mass is 10.0. The number of carbonyl (C=O) groups excluding carboxylic acids is 1. The van der Waals surface area contributed by atoms with Crippen molar-refractivity contribution in [2.75, 3.05) is 5.32 Å². The number of phenols is 1. The van der Waals surface area contributed by atoms with Gasteiger partial charge in [0.1, 0.15) is 11.4 Å². The van der Waals surface area contributed by atoms with Gasteiger partial charge in [0, 0.05) is 5.69 Å². The summed E-state index contributed by atoms with van der Waals surface area (Å²) >= 11 is 0. The Balaban J connectivity index is 2.12. The average Bonchev–Trinajstić information content (AvgIpc) is 2.36. The van der Waals surface area contributed by atoms with Gasteiger partial charge in [0.25, 0.3) is 0 Å². The molecule has 4 heteroatoms. The maximum atomic E-state index is 11.7. The molecule has 4 nitrogen and oxygen atoms in total. The highest BCUT2D eigenvalue weighted by Crippen LogP contribution is 2.26. The molecule has 0 fully saturated rings. The van der Waals surface area contributed by atoms with Crippen LogP contribution in [0.1, 0.15) is 26.3 Å². The Morgan fingerprint density at radius 3 is 2.23 bits per heavy atom. The minimum absolute atomic E-state index is 0.242. The second-order valence-corrected chi connectivity index (χ2v) is 6.26. The number of aromatic hydroxyl groups is 1. The van der Waals surface area contributed by atoms with E-state index >= 15 is 0 Å². The number of hydrogen-bond acceptors (Lipinski definition) is 3. The molecule has 22 heavy (non-hydrogen) atoms. The molecule has 2 aromatic carbocycles. The van der Waals surface area contributed by atoms with Crippen molar-refractivity contribution in [2.45, 2.75) is 33.3 Å². The summed E-state index contributed by atoms with van der Waals surface area (Å²) < 4.78 is 5.20. The van der Waals surface area contributed by atoms with Crippen molar-refractivity contribution in [1.82, 2.24) is 0 Å². The summed E-state index contributed by atoms with van der Waals surface area (Å²) in [7, 11) is 0. The molecule has 1 amide bonds. The molecule has 2 aromatic rings. The van der Waals surface area contributed by atoms with Crippen LogP contribution >= 0.6 is 0 Å². The third kappa shape index (κ3) is 4.52. The number of ether oxygens (including phenoxy) is 1. The molecule has 0 saturated heterocycles. The van der Waals surface area contributed by atoms with Gasteiger partial charge < -0.3 is 9.84 Å². The van der Waals surface area contributed by atoms with E-state index in [4.69, 9.17) is 4.74 Å². The van der Waals surface area contributed by atoms with Gasteiger partial charge >= 0.3 is 6.09 Å². The van der Waals surface area contributed by atoms with Gasteiger partial charge in [-0.25, -0.2) is 4.79 Å². The lowest BCUT2D eigenvalue weighted by Gasteiger charge is -2.19. The van der Waals surface area contributed by atoms with Crippen molar-refractivity contribution in [3.63, 3.8) is 0 Å². The number of nitrogens with one attached hydrogen (secondary N) is 1. The van der Waals surface area contributed by atoms with Gasteiger partial charge in [-0.2, -0.15) is 0 Å². The van der Waals surface area contributed by atoms with Crippen molar-refractivity contribution in [3.05, 3.63) is 48.0 Å². The maximum Gasteiger partial charge on any atom is 0.412 e. The van der Waals surface area contributed by atoms with Crippen LogP contribution in [0.4, 0.5) is 10.5 Å². The molecule has 2 rings (SSSR count). The molecule has 0 aromatic heterocycles. The molecule has 0 spiro atoms. The van der Waals surface area contributed by atoms with E-state index in [1.165, 1.54) is 0 Å². The molecular weight excluding hydrogens is 278 g/mol. The number of carbonyl (C=O) groups is 1. The Bertz CT molecular complexity index is 649. The van der Waals surface area contributed by atoms with Gasteiger partial charge in [-0.05, 0) is 68.7 Å². The third-order valence-electron chi connectivity index (χ3n) is 2.93. The fraction of sp³-hybridized carbons (Fsp3) is 0.278. The summed E-state index contributed by atoms with van der Waals surface area (Å²) in [4.78, 5) is 11.7. The average molecular weight is 299 g/mol. The first kappa shape index (κ1) is 15.9. The molecule has 0 unspecified atom stereocenters. The number of anilines is 1. The van der Waals surface area contributed by atoms with Gasteiger partial charge in [0.2, 0.25) is 0 Å². The summed E-state index contributed by atoms with van der Waals surface area (Å²) in [5, 5.41) is 12.4. The predicted octanol–water partition coefficient (Wildman–Crippen LogP) is 4.71. The van der Waals surface area contributed by atoms with Crippen LogP contribution in [0.2, 0.25) is 0 Å². The van der Waals surface area contributed by atoms with Gasteiger partial charge in [-0.15, -0.1) is 0 Å². The van der Waals surface area contributed by atoms with E-state index in [0.29, 0.717) is 5.69 Å². The summed E-state index contributed by atoms with van der Waals surface area (Å²) in [5.74, 6) is 0.242. The van der Waals surface area contributed by atoms with E-state index in [0.717, 1.165) is 16.7 Å². The zero-order chi connectivity index (χ0) is 16.3. The second kappa shape index (κ2) is 6.10. The van der Waals surface area contributed by atoms with Crippen LogP contribution in [-0.2, 0) is 4.74 Å². The molecule has 2 N–H and O–H groups in total. The molecule has 0 aliphatic carbocycles. The highest BCUT2D eigenvalue weighted by atomic mass is 16.6. The molecule has 0 bridgehead atoms. The van der Waals surface area contributed by atoms with Crippen molar-refractivity contribution in [1.29, 1.82) is 0 Å². The summed E-state index contributed by atoms with van der Waals surface area (Å²) in [6.45, 7) is 7.39. The van der Waals surface area contributed by atoms with Crippen LogP contribution < -0.4 is 5.32 Å². The zero-order valence-corrected chi connectivity index (χ0v) is 13.3. The number of hydrogen-bond donors (Lipinski definition) is 2. The highest BCUT2D eigenvalue weighted by Gasteiger charge is 2.16. The SMILES string of the molecule is Cc1cc(O)cc(-c2ccc(NC(=O)OC(C)(C)C)cc2)c1. The Labute approximate surface area is 130 Å². The second-order valence-electron chi connectivity index (χ2n) is 6.26. The molecule has 0 heterocycles. The van der Waals surface area contributed by atoms with E-state index in [-0.39, 0.29) is 5.75 Å². The first-order chi connectivity index (χ1) is 10.2. The van der Waals surface area contributed by atoms with Gasteiger partial charge in [-0.1, -0.05) is 18.2 Å². The predicted molar refractivity (Wildman–Crippen MR) is 88.1 cm³/mol. The highest BCUT2D eigenvalue weighted by molar-refractivity contribution is 5.85. The van der Waals surface area contributed by atoms with Crippen molar-refractivity contribution in [2.24, 2.45) is 0 Å². The lowest BCUT2D eigenvalue weighted by Crippen LogP contribution is -2.27. The van der Waals surface area contributed by atoms with Crippen molar-refractivity contribution < 1.29 is 14.6 Å². The third-order valence-corrected chi connectivity index (χ3v) is 2.93. The molecule has 116 valence electrons. The quantitative estimate of drug-likeness (QED) is 0.844. The molecule has 0 aliphatic rings. The van der Waals surface area contributed by atoms with E-state index in [9.17, 15) is 9.90 Å². The Kier molecular flexibility index (Phi) is 4.40. The van der Waals surface area contributed by atoms with Gasteiger partial charge in [-0.3, -0.25) is 5.32 Å². The van der Waals surface area contributed by atoms with E-state index in [1.807, 2.05) is 45.9 Å². The first-order valence-electron chi connectivity index (χ1n) is 7.14. The lowest BCUT2D eigenvalue weighted by molar-refractivity contribution is 0.0636. The van der Waals surface area contributed by atoms with Crippen LogP contribution in [0.5, 0.6) is 5.75 Å². The van der Waals surface area contributed by atoms with E-state index < -0.39 is 11.7 Å². The minimum atomic E-state index is -0.525. The molecule has 0 saturated carbocycles. The Morgan fingerprint density at radius 2 is 1.68 bits per heavy atom. The van der Waals surface area contributed by atoms with Gasteiger partial charge in [0.15, 0.2) is 0 Å². The monoisotopic (exact) mass is 299 g/mol. The largest absolute Gasteiger partial charge is 0.508 e. The number of aryl methyl sites for hydroxylation is 1. The zero-order valence-electron chi connectivity index (χ0n) is 13.3. The van der Waals surface area contributed by atoms with E-state index in [2.05, 4.69) is 5.32 Å². The Morgan fingerprint density at radius 1 is 1.05 bits per heavy atom. The molecule has 0 atom stereocenters. The van der Waals surface area contributed by atoms with Crippen LogP contribution in [0.15, 0.2) is 42.5 Å². The normalized spacial score (nSPS) is 11.1. The number of amides is 1. The summed E-state index contributed by atoms with van der Waals surface area (Å²) in [6.07, 6.45) is -0.478. The molecule has 0 aliphatic heterocycles. The van der Waals surface area contributed by atoms with Crippen molar-refractivity contribution in [3.8, 4) is 16.9 Å². The fourth-order valence-corrected chi connectivity index (χ4v) is 2.10. The summed E-state index contributed by atoms with van der Waals surface area (Å²) in [5.41, 5.74) is 3.03. The van der Waals surface area contributed by atoms with Crippen LogP contribution in [-0.4, -0.2) is 16.8 Å². The van der Waals surface area contributed by atoms with Crippen LogP contribution in [0.25, 0.3) is 11.1 Å². The first-order valence-corrected chi connectivity index (χ1v) is 7.14. The van der Waals surface area contributed by atoms with Gasteiger partial charge in [0.05, 0.1) is 0 Å². The fourth-order valence-electron chi connectivity index (χ4n) is 2.10. The maximum absolute atomic E-state index is 11.7. The van der Waals surface area contributed by atoms with Crippen molar-refractivity contribution >= 4 is 11.8 Å². The number of benzene rings is 2. The smallest absolute Gasteiger partial charge is 0.412 e.